The maximum absolute atomic E-state index is 12.9. The van der Waals surface area contributed by atoms with Crippen molar-refractivity contribution in [1.82, 2.24) is 4.90 Å². The van der Waals surface area contributed by atoms with Gasteiger partial charge in [0.05, 0.1) is 5.02 Å². The van der Waals surface area contributed by atoms with Gasteiger partial charge in [-0.2, -0.15) is 0 Å². The van der Waals surface area contributed by atoms with Gasteiger partial charge in [0.25, 0.3) is 5.91 Å². The van der Waals surface area contributed by atoms with Crippen LogP contribution in [-0.2, 0) is 4.79 Å². The molecule has 1 aliphatic heterocycles. The van der Waals surface area contributed by atoms with Gasteiger partial charge in [-0.3, -0.25) is 4.79 Å². The Hall–Kier alpha value is -1.33. The fraction of sp³-hybridized carbons (Fsp3) is 0.462. The van der Waals surface area contributed by atoms with Crippen LogP contribution in [0, 0.1) is 5.82 Å². The van der Waals surface area contributed by atoms with Gasteiger partial charge in [-0.25, -0.2) is 4.39 Å². The molecule has 0 saturated carbocycles. The SMILES string of the molecule is C[C@H](Oc1ccc(F)cc1Cl)C(=O)N1CC[C@H](N)C1. The first-order valence-corrected chi connectivity index (χ1v) is 6.51. The quantitative estimate of drug-likeness (QED) is 0.922. The number of carbonyl (C=O) groups excluding carboxylic acids is 1. The van der Waals surface area contributed by atoms with E-state index in [0.717, 1.165) is 12.5 Å². The average molecular weight is 287 g/mol. The summed E-state index contributed by atoms with van der Waals surface area (Å²) in [5.41, 5.74) is 5.76. The van der Waals surface area contributed by atoms with Crippen LogP contribution in [0.15, 0.2) is 18.2 Å². The number of hydrogen-bond acceptors (Lipinski definition) is 3. The van der Waals surface area contributed by atoms with E-state index in [1.807, 2.05) is 0 Å². The Balaban J connectivity index is 2.00. The van der Waals surface area contributed by atoms with Gasteiger partial charge < -0.3 is 15.4 Å². The largest absolute Gasteiger partial charge is 0.479 e. The lowest BCUT2D eigenvalue weighted by Gasteiger charge is -2.21. The molecule has 2 atom stereocenters. The number of amides is 1. The summed E-state index contributed by atoms with van der Waals surface area (Å²) < 4.78 is 18.4. The third kappa shape index (κ3) is 3.36. The normalized spacial score (nSPS) is 20.4. The van der Waals surface area contributed by atoms with Crippen LogP contribution >= 0.6 is 11.6 Å². The molecule has 2 N–H and O–H groups in total. The lowest BCUT2D eigenvalue weighted by Crippen LogP contribution is -2.40. The third-order valence-corrected chi connectivity index (χ3v) is 3.38. The van der Waals surface area contributed by atoms with Crippen molar-refractivity contribution in [2.24, 2.45) is 5.73 Å². The lowest BCUT2D eigenvalue weighted by molar-refractivity contribution is -0.136. The summed E-state index contributed by atoms with van der Waals surface area (Å²) >= 11 is 5.85. The summed E-state index contributed by atoms with van der Waals surface area (Å²) in [7, 11) is 0. The van der Waals surface area contributed by atoms with Crippen LogP contribution in [0.25, 0.3) is 0 Å². The van der Waals surface area contributed by atoms with Gasteiger partial charge in [0.2, 0.25) is 0 Å². The van der Waals surface area contributed by atoms with Gasteiger partial charge in [0.15, 0.2) is 6.10 Å². The molecule has 6 heteroatoms. The molecular formula is C13H16ClFN2O2. The van der Waals surface area contributed by atoms with Crippen LogP contribution in [0.3, 0.4) is 0 Å². The molecule has 0 bridgehead atoms. The molecule has 1 aromatic carbocycles. The summed E-state index contributed by atoms with van der Waals surface area (Å²) in [6, 6.07) is 3.84. The zero-order valence-corrected chi connectivity index (χ0v) is 11.4. The van der Waals surface area contributed by atoms with Crippen LogP contribution in [0.2, 0.25) is 5.02 Å². The van der Waals surface area contributed by atoms with Crippen molar-refractivity contribution in [3.05, 3.63) is 29.0 Å². The topological polar surface area (TPSA) is 55.6 Å². The molecule has 104 valence electrons. The Morgan fingerprint density at radius 2 is 2.37 bits per heavy atom. The molecular weight excluding hydrogens is 271 g/mol. The fourth-order valence-electron chi connectivity index (χ4n) is 2.06. The van der Waals surface area contributed by atoms with Gasteiger partial charge in [-0.15, -0.1) is 0 Å². The second kappa shape index (κ2) is 5.75. The number of benzene rings is 1. The van der Waals surface area contributed by atoms with Crippen molar-refractivity contribution >= 4 is 17.5 Å². The van der Waals surface area contributed by atoms with Gasteiger partial charge in [-0.05, 0) is 31.5 Å². The fourth-order valence-corrected chi connectivity index (χ4v) is 2.27. The minimum absolute atomic E-state index is 0.0329. The van der Waals surface area contributed by atoms with Gasteiger partial charge in [-0.1, -0.05) is 11.6 Å². The maximum Gasteiger partial charge on any atom is 0.263 e. The number of ether oxygens (including phenoxy) is 1. The standard InChI is InChI=1S/C13H16ClFN2O2/c1-8(13(18)17-5-4-10(16)7-17)19-12-3-2-9(15)6-11(12)14/h2-3,6,8,10H,4-5,7,16H2,1H3/t8-,10-/m0/s1. The molecule has 1 aliphatic rings. The number of rotatable bonds is 3. The van der Waals surface area contributed by atoms with E-state index >= 15 is 0 Å². The van der Waals surface area contributed by atoms with E-state index in [1.54, 1.807) is 11.8 Å². The first-order chi connectivity index (χ1) is 8.97. The summed E-state index contributed by atoms with van der Waals surface area (Å²) in [4.78, 5) is 13.8. The first kappa shape index (κ1) is 14.1. The number of likely N-dealkylation sites (tertiary alicyclic amines) is 1. The lowest BCUT2D eigenvalue weighted by atomic mass is 10.3. The molecule has 0 unspecified atom stereocenters. The number of nitrogens with two attached hydrogens (primary N) is 1. The van der Waals surface area contributed by atoms with Gasteiger partial charge in [0, 0.05) is 19.1 Å². The second-order valence-electron chi connectivity index (χ2n) is 4.67. The minimum Gasteiger partial charge on any atom is -0.479 e. The summed E-state index contributed by atoms with van der Waals surface area (Å²) in [5.74, 6) is -0.275. The predicted octanol–water partition coefficient (Wildman–Crippen LogP) is 1.81. The average Bonchev–Trinajstić information content (AvgIpc) is 2.78. The molecule has 19 heavy (non-hydrogen) atoms. The molecule has 1 fully saturated rings. The highest BCUT2D eigenvalue weighted by Gasteiger charge is 2.28. The van der Waals surface area contributed by atoms with Crippen molar-refractivity contribution < 1.29 is 13.9 Å². The van der Waals surface area contributed by atoms with E-state index in [1.165, 1.54) is 12.1 Å². The Morgan fingerprint density at radius 3 is 2.95 bits per heavy atom. The molecule has 0 radical (unpaired) electrons. The molecule has 0 aliphatic carbocycles. The molecule has 1 amide bonds. The highest BCUT2D eigenvalue weighted by Crippen LogP contribution is 2.26. The maximum atomic E-state index is 12.9. The molecule has 1 aromatic rings. The zero-order valence-electron chi connectivity index (χ0n) is 10.6. The summed E-state index contributed by atoms with van der Waals surface area (Å²) in [6.45, 7) is 2.83. The second-order valence-corrected chi connectivity index (χ2v) is 5.08. The Labute approximate surface area is 116 Å². The molecule has 0 spiro atoms. The zero-order chi connectivity index (χ0) is 14.0. The van der Waals surface area contributed by atoms with Gasteiger partial charge >= 0.3 is 0 Å². The van der Waals surface area contributed by atoms with E-state index in [0.29, 0.717) is 18.8 Å². The molecule has 2 rings (SSSR count). The predicted molar refractivity (Wildman–Crippen MR) is 70.7 cm³/mol. The highest BCUT2D eigenvalue weighted by atomic mass is 35.5. The number of halogens is 2. The number of hydrogen-bond donors (Lipinski definition) is 1. The molecule has 4 nitrogen and oxygen atoms in total. The highest BCUT2D eigenvalue weighted by molar-refractivity contribution is 6.32. The number of carbonyl (C=O) groups is 1. The van der Waals surface area contributed by atoms with E-state index in [2.05, 4.69) is 0 Å². The van der Waals surface area contributed by atoms with Crippen molar-refractivity contribution in [2.75, 3.05) is 13.1 Å². The monoisotopic (exact) mass is 286 g/mol. The Kier molecular flexibility index (Phi) is 4.27. The minimum atomic E-state index is -0.673. The van der Waals surface area contributed by atoms with Crippen LogP contribution in [0.5, 0.6) is 5.75 Å². The summed E-state index contributed by atoms with van der Waals surface area (Å²) in [5, 5.41) is 0.151. The van der Waals surface area contributed by atoms with E-state index in [9.17, 15) is 9.18 Å². The smallest absolute Gasteiger partial charge is 0.263 e. The van der Waals surface area contributed by atoms with Crippen LogP contribution < -0.4 is 10.5 Å². The Morgan fingerprint density at radius 1 is 1.63 bits per heavy atom. The van der Waals surface area contributed by atoms with Crippen LogP contribution in [0.4, 0.5) is 4.39 Å². The Bertz CT molecular complexity index is 484. The van der Waals surface area contributed by atoms with Crippen molar-refractivity contribution in [1.29, 1.82) is 0 Å². The van der Waals surface area contributed by atoms with E-state index in [4.69, 9.17) is 22.1 Å². The first-order valence-electron chi connectivity index (χ1n) is 6.13. The molecule has 1 saturated heterocycles. The molecule has 1 heterocycles. The summed E-state index contributed by atoms with van der Waals surface area (Å²) in [6.07, 6.45) is 0.128. The van der Waals surface area contributed by atoms with Gasteiger partial charge in [0.1, 0.15) is 11.6 Å². The van der Waals surface area contributed by atoms with Crippen molar-refractivity contribution in [3.63, 3.8) is 0 Å². The molecule has 0 aromatic heterocycles. The van der Waals surface area contributed by atoms with E-state index < -0.39 is 11.9 Å². The van der Waals surface area contributed by atoms with Crippen molar-refractivity contribution in [2.45, 2.75) is 25.5 Å². The third-order valence-electron chi connectivity index (χ3n) is 3.08. The van der Waals surface area contributed by atoms with Crippen molar-refractivity contribution in [3.8, 4) is 5.75 Å². The number of nitrogens with zero attached hydrogens (tertiary/aromatic N) is 1. The van der Waals surface area contributed by atoms with E-state index in [-0.39, 0.29) is 17.0 Å². The van der Waals surface area contributed by atoms with Crippen LogP contribution in [-0.4, -0.2) is 36.0 Å². The van der Waals surface area contributed by atoms with Crippen LogP contribution in [0.1, 0.15) is 13.3 Å².